The molecule has 0 aromatic heterocycles. The van der Waals surface area contributed by atoms with Gasteiger partial charge in [-0.1, -0.05) is 29.8 Å². The van der Waals surface area contributed by atoms with Gasteiger partial charge in [0.05, 0.1) is 12.1 Å². The summed E-state index contributed by atoms with van der Waals surface area (Å²) in [5.74, 6) is -0.409. The van der Waals surface area contributed by atoms with E-state index >= 15 is 0 Å². The smallest absolute Gasteiger partial charge is 0.256 e. The van der Waals surface area contributed by atoms with E-state index in [1.54, 1.807) is 29.2 Å². The Kier molecular flexibility index (Phi) is 7.60. The highest BCUT2D eigenvalue weighted by molar-refractivity contribution is 7.80. The van der Waals surface area contributed by atoms with Gasteiger partial charge < -0.3 is 15.1 Å². The molecule has 2 aromatic rings. The van der Waals surface area contributed by atoms with Gasteiger partial charge in [-0.15, -0.1) is 0 Å². The highest BCUT2D eigenvalue weighted by Gasteiger charge is 2.44. The van der Waals surface area contributed by atoms with E-state index < -0.39 is 6.04 Å². The lowest BCUT2D eigenvalue weighted by atomic mass is 10.1. The molecule has 0 aliphatic carbocycles. The monoisotopic (exact) mass is 485 g/mol. The zero-order valence-electron chi connectivity index (χ0n) is 18.6. The van der Waals surface area contributed by atoms with Crippen molar-refractivity contribution < 1.29 is 9.59 Å². The highest BCUT2D eigenvalue weighted by Crippen LogP contribution is 2.27. The van der Waals surface area contributed by atoms with E-state index in [1.807, 2.05) is 35.2 Å². The molecular formula is C24H28ClN5O2S. The van der Waals surface area contributed by atoms with E-state index in [1.165, 1.54) is 0 Å². The lowest BCUT2D eigenvalue weighted by molar-refractivity contribution is -0.124. The van der Waals surface area contributed by atoms with Crippen LogP contribution in [0.2, 0.25) is 5.02 Å². The maximum absolute atomic E-state index is 13.4. The second-order valence-corrected chi connectivity index (χ2v) is 9.21. The minimum atomic E-state index is -0.641. The number of hydrogen-bond donors (Lipinski definition) is 1. The molecule has 0 unspecified atom stereocenters. The van der Waals surface area contributed by atoms with E-state index in [0.29, 0.717) is 22.4 Å². The molecule has 2 heterocycles. The normalized spacial score (nSPS) is 19.9. The highest BCUT2D eigenvalue weighted by atomic mass is 35.5. The van der Waals surface area contributed by atoms with E-state index in [4.69, 9.17) is 23.8 Å². The Morgan fingerprint density at radius 3 is 2.36 bits per heavy atom. The van der Waals surface area contributed by atoms with Crippen molar-refractivity contribution >= 4 is 52.1 Å². The Morgan fingerprint density at radius 1 is 1.03 bits per heavy atom. The predicted octanol–water partition coefficient (Wildman–Crippen LogP) is 2.92. The molecule has 0 bridgehead atoms. The molecule has 0 spiro atoms. The molecule has 2 aliphatic rings. The molecule has 2 aromatic carbocycles. The second kappa shape index (κ2) is 10.6. The van der Waals surface area contributed by atoms with Gasteiger partial charge in [0.2, 0.25) is 5.91 Å². The summed E-state index contributed by atoms with van der Waals surface area (Å²) in [4.78, 5) is 34.4. The number of anilines is 2. The SMILES string of the molecule is CN1CCN(CCN2C(=S)N(c3ccccc3)C(=O)[C@H]2CC(=O)Nc2ccc(Cl)cc2)CC1. The third-order valence-electron chi connectivity index (χ3n) is 6.09. The van der Waals surface area contributed by atoms with Gasteiger partial charge in [-0.05, 0) is 55.7 Å². The third-order valence-corrected chi connectivity index (χ3v) is 6.76. The van der Waals surface area contributed by atoms with Crippen LogP contribution in [0.4, 0.5) is 11.4 Å². The molecule has 9 heteroatoms. The number of carbonyl (C=O) groups excluding carboxylic acids is 2. The number of nitrogens with one attached hydrogen (secondary N) is 1. The van der Waals surface area contributed by atoms with E-state index in [9.17, 15) is 9.59 Å². The van der Waals surface area contributed by atoms with Crippen LogP contribution >= 0.6 is 23.8 Å². The predicted molar refractivity (Wildman–Crippen MR) is 136 cm³/mol. The number of para-hydroxylation sites is 1. The molecule has 2 amide bonds. The molecule has 7 nitrogen and oxygen atoms in total. The van der Waals surface area contributed by atoms with Gasteiger partial charge >= 0.3 is 0 Å². The standard InChI is InChI=1S/C24H28ClN5O2S/c1-27-11-13-28(14-12-27)15-16-29-21(17-22(31)26-19-9-7-18(25)8-10-19)23(32)30(24(29)33)20-5-3-2-4-6-20/h2-10,21H,11-17H2,1H3,(H,26,31)/t21-/m1/s1. The van der Waals surface area contributed by atoms with Crippen LogP contribution in [0.3, 0.4) is 0 Å². The van der Waals surface area contributed by atoms with Crippen LogP contribution in [0, 0.1) is 0 Å². The van der Waals surface area contributed by atoms with E-state index in [2.05, 4.69) is 22.2 Å². The average Bonchev–Trinajstić information content (AvgIpc) is 3.04. The molecular weight excluding hydrogens is 458 g/mol. The minimum absolute atomic E-state index is 0.0215. The fourth-order valence-electron chi connectivity index (χ4n) is 4.14. The zero-order valence-corrected chi connectivity index (χ0v) is 20.2. The molecule has 1 N–H and O–H groups in total. The van der Waals surface area contributed by atoms with Gasteiger partial charge in [-0.3, -0.25) is 19.4 Å². The first-order valence-electron chi connectivity index (χ1n) is 11.1. The van der Waals surface area contributed by atoms with Crippen molar-refractivity contribution in [3.05, 3.63) is 59.6 Å². The van der Waals surface area contributed by atoms with Crippen LogP contribution in [-0.4, -0.2) is 84.0 Å². The molecule has 0 saturated carbocycles. The number of thiocarbonyl (C=S) groups is 1. The fourth-order valence-corrected chi connectivity index (χ4v) is 4.68. The number of rotatable bonds is 7. The summed E-state index contributed by atoms with van der Waals surface area (Å²) in [6.07, 6.45) is 0.0215. The Balaban J connectivity index is 1.48. The molecule has 2 saturated heterocycles. The second-order valence-electron chi connectivity index (χ2n) is 8.41. The van der Waals surface area contributed by atoms with Crippen molar-refractivity contribution in [2.75, 3.05) is 56.5 Å². The molecule has 2 fully saturated rings. The Hall–Kier alpha value is -2.52. The maximum atomic E-state index is 13.4. The lowest BCUT2D eigenvalue weighted by Crippen LogP contribution is -2.48. The summed E-state index contributed by atoms with van der Waals surface area (Å²) in [6, 6.07) is 15.6. The number of hydrogen-bond acceptors (Lipinski definition) is 5. The summed E-state index contributed by atoms with van der Waals surface area (Å²) < 4.78 is 0. The number of benzene rings is 2. The van der Waals surface area contributed by atoms with Crippen LogP contribution in [0.25, 0.3) is 0 Å². The molecule has 4 rings (SSSR count). The van der Waals surface area contributed by atoms with Crippen molar-refractivity contribution in [3.8, 4) is 0 Å². The summed E-state index contributed by atoms with van der Waals surface area (Å²) in [6.45, 7) is 5.39. The van der Waals surface area contributed by atoms with Gasteiger partial charge in [0.25, 0.3) is 5.91 Å². The lowest BCUT2D eigenvalue weighted by Gasteiger charge is -2.34. The topological polar surface area (TPSA) is 59.1 Å². The molecule has 33 heavy (non-hydrogen) atoms. The van der Waals surface area contributed by atoms with Crippen molar-refractivity contribution in [2.45, 2.75) is 12.5 Å². The third kappa shape index (κ3) is 5.70. The Morgan fingerprint density at radius 2 is 1.70 bits per heavy atom. The number of piperazine rings is 1. The first-order valence-corrected chi connectivity index (χ1v) is 11.9. The minimum Gasteiger partial charge on any atom is -0.335 e. The van der Waals surface area contributed by atoms with Crippen molar-refractivity contribution in [1.29, 1.82) is 0 Å². The number of nitrogens with zero attached hydrogens (tertiary/aromatic N) is 4. The van der Waals surface area contributed by atoms with Gasteiger partial charge in [-0.2, -0.15) is 0 Å². The number of amides is 2. The number of halogens is 1. The van der Waals surface area contributed by atoms with Crippen molar-refractivity contribution in [1.82, 2.24) is 14.7 Å². The summed E-state index contributed by atoms with van der Waals surface area (Å²) in [5, 5.41) is 3.91. The number of carbonyl (C=O) groups is 2. The Bertz CT molecular complexity index is 996. The maximum Gasteiger partial charge on any atom is 0.256 e. The van der Waals surface area contributed by atoms with Crippen LogP contribution in [0.1, 0.15) is 6.42 Å². The van der Waals surface area contributed by atoms with Gasteiger partial charge in [0.1, 0.15) is 6.04 Å². The zero-order chi connectivity index (χ0) is 23.4. The largest absolute Gasteiger partial charge is 0.335 e. The van der Waals surface area contributed by atoms with E-state index in [-0.39, 0.29) is 18.2 Å². The van der Waals surface area contributed by atoms with Crippen LogP contribution in [-0.2, 0) is 9.59 Å². The first-order chi connectivity index (χ1) is 15.9. The quantitative estimate of drug-likeness (QED) is 0.608. The summed E-state index contributed by atoms with van der Waals surface area (Å²) >= 11 is 11.7. The van der Waals surface area contributed by atoms with Gasteiger partial charge in [-0.25, -0.2) is 0 Å². The van der Waals surface area contributed by atoms with Crippen LogP contribution in [0.15, 0.2) is 54.6 Å². The van der Waals surface area contributed by atoms with Gasteiger partial charge in [0, 0.05) is 50.0 Å². The molecule has 2 aliphatic heterocycles. The summed E-state index contributed by atoms with van der Waals surface area (Å²) in [7, 11) is 2.12. The molecule has 174 valence electrons. The van der Waals surface area contributed by atoms with Gasteiger partial charge in [0.15, 0.2) is 5.11 Å². The van der Waals surface area contributed by atoms with Crippen LogP contribution < -0.4 is 10.2 Å². The first kappa shape index (κ1) is 23.6. The molecule has 1 atom stereocenters. The Labute approximate surface area is 204 Å². The van der Waals surface area contributed by atoms with Crippen LogP contribution in [0.5, 0.6) is 0 Å². The number of likely N-dealkylation sites (N-methyl/N-ethyl adjacent to an activating group) is 1. The molecule has 0 radical (unpaired) electrons. The van der Waals surface area contributed by atoms with Crippen molar-refractivity contribution in [3.63, 3.8) is 0 Å². The fraction of sp³-hybridized carbons (Fsp3) is 0.375. The summed E-state index contributed by atoms with van der Waals surface area (Å²) in [5.41, 5.74) is 1.36. The van der Waals surface area contributed by atoms with E-state index in [0.717, 1.165) is 38.4 Å². The van der Waals surface area contributed by atoms with Crippen molar-refractivity contribution in [2.24, 2.45) is 0 Å². The average molecular weight is 486 g/mol.